The van der Waals surface area contributed by atoms with Crippen molar-refractivity contribution >= 4 is 33.3 Å². The molecule has 0 aliphatic carbocycles. The van der Waals surface area contributed by atoms with Crippen LogP contribution in [0.4, 0.5) is 5.69 Å². The van der Waals surface area contributed by atoms with E-state index >= 15 is 0 Å². The molecule has 0 radical (unpaired) electrons. The topological polar surface area (TPSA) is 81.8 Å². The first kappa shape index (κ1) is 25.5. The SMILES string of the molecule is [C-]#[N+]c1c(-c2ccc(CCNS(=O)(=O)c3ccc(Cl)cc3)cc2)c(C(=O)OCC)n(C)c1CC. The van der Waals surface area contributed by atoms with Crippen molar-refractivity contribution < 1.29 is 17.9 Å². The first-order chi connectivity index (χ1) is 16.2. The van der Waals surface area contributed by atoms with Gasteiger partial charge in [-0.25, -0.2) is 22.8 Å². The van der Waals surface area contributed by atoms with Gasteiger partial charge in [-0.1, -0.05) is 42.8 Å². The lowest BCUT2D eigenvalue weighted by atomic mass is 10.0. The van der Waals surface area contributed by atoms with Crippen LogP contribution in [0.3, 0.4) is 0 Å². The molecule has 0 amide bonds. The number of nitrogens with one attached hydrogen (secondary N) is 1. The van der Waals surface area contributed by atoms with Crippen molar-refractivity contribution in [1.82, 2.24) is 9.29 Å². The molecule has 0 unspecified atom stereocenters. The van der Waals surface area contributed by atoms with Crippen molar-refractivity contribution in [2.75, 3.05) is 13.2 Å². The lowest BCUT2D eigenvalue weighted by Gasteiger charge is -2.10. The molecule has 1 N–H and O–H groups in total. The Labute approximate surface area is 205 Å². The van der Waals surface area contributed by atoms with Crippen molar-refractivity contribution in [3.63, 3.8) is 0 Å². The van der Waals surface area contributed by atoms with Crippen LogP contribution >= 0.6 is 11.6 Å². The standard InChI is InChI=1S/C25H26ClN3O4S/c1-5-21-23(27-3)22(24(29(21)4)25(30)33-6-2)18-9-7-17(8-10-18)15-16-28-34(31,32)20-13-11-19(26)12-14-20/h7-14,28H,5-6,15-16H2,1-2,4H3. The summed E-state index contributed by atoms with van der Waals surface area (Å²) in [6.45, 7) is 11.8. The highest BCUT2D eigenvalue weighted by atomic mass is 35.5. The Kier molecular flexibility index (Phi) is 8.15. The molecule has 0 atom stereocenters. The van der Waals surface area contributed by atoms with Crippen molar-refractivity contribution in [3.05, 3.63) is 81.9 Å². The largest absolute Gasteiger partial charge is 0.461 e. The van der Waals surface area contributed by atoms with Gasteiger partial charge in [-0.3, -0.25) is 0 Å². The zero-order valence-corrected chi connectivity index (χ0v) is 20.8. The Hall–Kier alpha value is -3.12. The summed E-state index contributed by atoms with van der Waals surface area (Å²) >= 11 is 5.82. The van der Waals surface area contributed by atoms with E-state index in [1.54, 1.807) is 18.5 Å². The zero-order chi connectivity index (χ0) is 24.9. The van der Waals surface area contributed by atoms with Gasteiger partial charge in [0, 0.05) is 29.9 Å². The van der Waals surface area contributed by atoms with Crippen molar-refractivity contribution in [2.24, 2.45) is 7.05 Å². The molecule has 3 aromatic rings. The van der Waals surface area contributed by atoms with Crippen molar-refractivity contribution in [2.45, 2.75) is 31.6 Å². The maximum atomic E-state index is 12.7. The molecule has 178 valence electrons. The van der Waals surface area contributed by atoms with Gasteiger partial charge in [-0.2, -0.15) is 0 Å². The maximum absolute atomic E-state index is 12.7. The number of carbonyl (C=O) groups is 1. The van der Waals surface area contributed by atoms with Gasteiger partial charge in [-0.05, 0) is 55.2 Å². The van der Waals surface area contributed by atoms with Crippen molar-refractivity contribution in [3.8, 4) is 11.1 Å². The Morgan fingerprint density at radius 3 is 2.32 bits per heavy atom. The number of rotatable bonds is 9. The Balaban J connectivity index is 1.81. The summed E-state index contributed by atoms with van der Waals surface area (Å²) in [6, 6.07) is 13.4. The van der Waals surface area contributed by atoms with Crippen LogP contribution in [0.5, 0.6) is 0 Å². The van der Waals surface area contributed by atoms with Crippen LogP contribution in [0.2, 0.25) is 5.02 Å². The highest BCUT2D eigenvalue weighted by molar-refractivity contribution is 7.89. The number of carbonyl (C=O) groups excluding carboxylic acids is 1. The van der Waals surface area contributed by atoms with Crippen LogP contribution in [-0.4, -0.2) is 32.1 Å². The van der Waals surface area contributed by atoms with E-state index < -0.39 is 16.0 Å². The first-order valence-electron chi connectivity index (χ1n) is 10.8. The molecule has 1 aromatic heterocycles. The molecule has 2 aromatic carbocycles. The summed E-state index contributed by atoms with van der Waals surface area (Å²) in [5, 5.41) is 0.469. The summed E-state index contributed by atoms with van der Waals surface area (Å²) in [6.07, 6.45) is 1.08. The normalized spacial score (nSPS) is 11.3. The quantitative estimate of drug-likeness (QED) is 0.326. The molecule has 1 heterocycles. The van der Waals surface area contributed by atoms with E-state index in [9.17, 15) is 13.2 Å². The van der Waals surface area contributed by atoms with Gasteiger partial charge >= 0.3 is 5.97 Å². The maximum Gasteiger partial charge on any atom is 0.354 e. The molecule has 0 saturated carbocycles. The second-order valence-electron chi connectivity index (χ2n) is 7.56. The molecule has 0 aliphatic heterocycles. The summed E-state index contributed by atoms with van der Waals surface area (Å²) < 4.78 is 34.4. The average Bonchev–Trinajstić information content (AvgIpc) is 3.11. The van der Waals surface area contributed by atoms with Crippen LogP contribution in [0.1, 0.15) is 35.6 Å². The number of benzene rings is 2. The predicted octanol–water partition coefficient (Wildman–Crippen LogP) is 5.16. The monoisotopic (exact) mass is 499 g/mol. The minimum atomic E-state index is -3.63. The highest BCUT2D eigenvalue weighted by Gasteiger charge is 2.26. The third kappa shape index (κ3) is 5.33. The van der Waals surface area contributed by atoms with Gasteiger partial charge in [0.1, 0.15) is 5.69 Å². The summed E-state index contributed by atoms with van der Waals surface area (Å²) in [7, 11) is -1.86. The van der Waals surface area contributed by atoms with E-state index in [1.165, 1.54) is 24.3 Å². The minimum Gasteiger partial charge on any atom is -0.461 e. The van der Waals surface area contributed by atoms with Crippen LogP contribution in [0.15, 0.2) is 53.4 Å². The summed E-state index contributed by atoms with van der Waals surface area (Å²) in [5.41, 5.74) is 3.77. The van der Waals surface area contributed by atoms with E-state index in [1.807, 2.05) is 31.2 Å². The number of ether oxygens (including phenoxy) is 1. The van der Waals surface area contributed by atoms with Gasteiger partial charge in [0.25, 0.3) is 0 Å². The third-order valence-electron chi connectivity index (χ3n) is 5.48. The van der Waals surface area contributed by atoms with E-state index in [-0.39, 0.29) is 18.0 Å². The first-order valence-corrected chi connectivity index (χ1v) is 12.7. The highest BCUT2D eigenvalue weighted by Crippen LogP contribution is 2.39. The second kappa shape index (κ2) is 10.9. The fourth-order valence-corrected chi connectivity index (χ4v) is 4.98. The molecule has 7 nitrogen and oxygen atoms in total. The molecule has 34 heavy (non-hydrogen) atoms. The van der Waals surface area contributed by atoms with Gasteiger partial charge < -0.3 is 9.30 Å². The third-order valence-corrected chi connectivity index (χ3v) is 7.20. The molecule has 0 saturated heterocycles. The number of esters is 1. The molecule has 3 rings (SSSR count). The molecular weight excluding hydrogens is 474 g/mol. The minimum absolute atomic E-state index is 0.154. The molecule has 0 fully saturated rings. The van der Waals surface area contributed by atoms with Crippen LogP contribution in [0, 0.1) is 6.57 Å². The molecule has 0 spiro atoms. The summed E-state index contributed by atoms with van der Waals surface area (Å²) in [4.78, 5) is 16.5. The molecular formula is C25H26ClN3O4S. The van der Waals surface area contributed by atoms with Gasteiger partial charge in [0.15, 0.2) is 0 Å². The fraction of sp³-hybridized carbons (Fsp3) is 0.280. The van der Waals surface area contributed by atoms with E-state index in [4.69, 9.17) is 22.9 Å². The number of hydrogen-bond donors (Lipinski definition) is 1. The number of hydrogen-bond acceptors (Lipinski definition) is 4. The lowest BCUT2D eigenvalue weighted by molar-refractivity contribution is 0.0516. The van der Waals surface area contributed by atoms with Crippen LogP contribution in [0.25, 0.3) is 16.0 Å². The zero-order valence-electron chi connectivity index (χ0n) is 19.3. The Morgan fingerprint density at radius 1 is 1.12 bits per heavy atom. The van der Waals surface area contributed by atoms with E-state index in [0.29, 0.717) is 34.8 Å². The second-order valence-corrected chi connectivity index (χ2v) is 9.77. The van der Waals surface area contributed by atoms with Crippen LogP contribution < -0.4 is 4.72 Å². The Bertz CT molecular complexity index is 1320. The van der Waals surface area contributed by atoms with Gasteiger partial charge in [0.2, 0.25) is 15.7 Å². The number of nitrogens with zero attached hydrogens (tertiary/aromatic N) is 2. The average molecular weight is 500 g/mol. The van der Waals surface area contributed by atoms with Crippen molar-refractivity contribution in [1.29, 1.82) is 0 Å². The Morgan fingerprint density at radius 2 is 1.76 bits per heavy atom. The lowest BCUT2D eigenvalue weighted by Crippen LogP contribution is -2.25. The number of sulfonamides is 1. The number of aromatic nitrogens is 1. The summed E-state index contributed by atoms with van der Waals surface area (Å²) in [5.74, 6) is -0.467. The van der Waals surface area contributed by atoms with Gasteiger partial charge in [-0.15, -0.1) is 0 Å². The molecule has 0 aliphatic rings. The fourth-order valence-electron chi connectivity index (χ4n) is 3.82. The number of halogens is 1. The van der Waals surface area contributed by atoms with Crippen LogP contribution in [-0.2, 0) is 34.6 Å². The van der Waals surface area contributed by atoms with E-state index in [2.05, 4.69) is 9.57 Å². The predicted molar refractivity (Wildman–Crippen MR) is 133 cm³/mol. The molecule has 0 bridgehead atoms. The molecule has 9 heteroatoms. The van der Waals surface area contributed by atoms with Gasteiger partial charge in [0.05, 0.1) is 18.1 Å². The van der Waals surface area contributed by atoms with E-state index in [0.717, 1.165) is 16.8 Å². The smallest absolute Gasteiger partial charge is 0.354 e.